The first-order valence-electron chi connectivity index (χ1n) is 12.0. The van der Waals surface area contributed by atoms with Crippen molar-refractivity contribution in [2.45, 2.75) is 38.1 Å². The van der Waals surface area contributed by atoms with Gasteiger partial charge in [0.1, 0.15) is 6.04 Å². The summed E-state index contributed by atoms with van der Waals surface area (Å²) in [5.41, 5.74) is 2.69. The molecule has 3 atom stereocenters. The molecule has 3 amide bonds. The van der Waals surface area contributed by atoms with E-state index >= 15 is 0 Å². The Morgan fingerprint density at radius 1 is 0.806 bits per heavy atom. The molecule has 7 heteroatoms. The molecule has 0 spiro atoms. The number of ether oxygens (including phenoxy) is 1. The van der Waals surface area contributed by atoms with Crippen LogP contribution in [0.1, 0.15) is 29.7 Å². The minimum Gasteiger partial charge on any atom is -0.467 e. The van der Waals surface area contributed by atoms with E-state index in [9.17, 15) is 14.4 Å². The number of carbonyl (C=O) groups excluding carboxylic acids is 3. The number of rotatable bonds is 8. The van der Waals surface area contributed by atoms with Crippen LogP contribution in [-0.2, 0) is 27.4 Å². The van der Waals surface area contributed by atoms with Gasteiger partial charge in [0.05, 0.1) is 13.2 Å². The first kappa shape index (κ1) is 25.0. The highest BCUT2D eigenvalue weighted by Gasteiger charge is 2.54. The maximum absolute atomic E-state index is 14.0. The van der Waals surface area contributed by atoms with E-state index in [0.717, 1.165) is 16.7 Å². The van der Waals surface area contributed by atoms with E-state index in [0.29, 0.717) is 0 Å². The number of nitrogens with zero attached hydrogens (tertiary/aromatic N) is 3. The van der Waals surface area contributed by atoms with Crippen LogP contribution >= 0.6 is 0 Å². The standard InChI is InChI=1S/C29H31N3O4/c1-21(24-17-11-6-12-18-24)30(2)27(33)25-26(28(34)36-3)32(20-23-15-9-5-10-16-23)29(35)31(25)19-22-13-7-4-8-14-22/h4-18,21,25-26H,19-20H2,1-3H3/t21-,25?,26?/m0/s1. The quantitative estimate of drug-likeness (QED) is 0.447. The molecule has 3 aromatic carbocycles. The van der Waals surface area contributed by atoms with Gasteiger partial charge >= 0.3 is 12.0 Å². The van der Waals surface area contributed by atoms with Crippen molar-refractivity contribution in [3.63, 3.8) is 0 Å². The second kappa shape index (κ2) is 11.1. The Balaban J connectivity index is 1.73. The number of likely N-dealkylation sites (N-methyl/N-ethyl adjacent to an activating group) is 1. The number of hydrogen-bond acceptors (Lipinski definition) is 4. The first-order valence-corrected chi connectivity index (χ1v) is 12.0. The lowest BCUT2D eigenvalue weighted by atomic mass is 10.0. The number of amides is 3. The molecule has 1 aliphatic heterocycles. The third kappa shape index (κ3) is 5.10. The summed E-state index contributed by atoms with van der Waals surface area (Å²) >= 11 is 0. The molecule has 36 heavy (non-hydrogen) atoms. The molecular weight excluding hydrogens is 454 g/mol. The molecule has 1 fully saturated rings. The van der Waals surface area contributed by atoms with Gasteiger partial charge in [0.25, 0.3) is 0 Å². The van der Waals surface area contributed by atoms with E-state index < -0.39 is 18.1 Å². The largest absolute Gasteiger partial charge is 0.467 e. The number of benzene rings is 3. The summed E-state index contributed by atoms with van der Waals surface area (Å²) in [6.45, 7) is 2.31. The zero-order valence-corrected chi connectivity index (χ0v) is 20.8. The number of hydrogen-bond donors (Lipinski definition) is 0. The molecule has 0 saturated carbocycles. The topological polar surface area (TPSA) is 70.2 Å². The fourth-order valence-corrected chi connectivity index (χ4v) is 4.64. The van der Waals surface area contributed by atoms with Gasteiger partial charge in [0.15, 0.2) is 6.04 Å². The van der Waals surface area contributed by atoms with Crippen LogP contribution in [0.4, 0.5) is 4.79 Å². The Morgan fingerprint density at radius 2 is 1.25 bits per heavy atom. The molecule has 0 aromatic heterocycles. The second-order valence-corrected chi connectivity index (χ2v) is 8.96. The average molecular weight is 486 g/mol. The lowest BCUT2D eigenvalue weighted by molar-refractivity contribution is -0.151. The SMILES string of the molecule is COC(=O)C1C(C(=O)N(C)[C@@H](C)c2ccccc2)N(Cc2ccccc2)C(=O)N1Cc1ccccc1. The maximum Gasteiger partial charge on any atom is 0.331 e. The van der Waals surface area contributed by atoms with Crippen molar-refractivity contribution in [3.8, 4) is 0 Å². The van der Waals surface area contributed by atoms with Gasteiger partial charge in [-0.2, -0.15) is 0 Å². The number of carbonyl (C=O) groups is 3. The zero-order valence-electron chi connectivity index (χ0n) is 20.8. The molecule has 0 bridgehead atoms. The number of methoxy groups -OCH3 is 1. The molecule has 186 valence electrons. The minimum absolute atomic E-state index is 0.187. The van der Waals surface area contributed by atoms with Crippen LogP contribution < -0.4 is 0 Å². The summed E-state index contributed by atoms with van der Waals surface area (Å²) < 4.78 is 5.12. The molecule has 0 N–H and O–H groups in total. The van der Waals surface area contributed by atoms with Gasteiger partial charge in [-0.1, -0.05) is 91.0 Å². The van der Waals surface area contributed by atoms with E-state index in [4.69, 9.17) is 4.74 Å². The number of esters is 1. The van der Waals surface area contributed by atoms with E-state index in [1.54, 1.807) is 11.9 Å². The summed E-state index contributed by atoms with van der Waals surface area (Å²) in [4.78, 5) is 45.5. The smallest absolute Gasteiger partial charge is 0.331 e. The molecule has 4 rings (SSSR count). The third-order valence-corrected chi connectivity index (χ3v) is 6.76. The summed E-state index contributed by atoms with van der Waals surface area (Å²) in [5, 5.41) is 0. The number of urea groups is 1. The highest BCUT2D eigenvalue weighted by Crippen LogP contribution is 2.31. The Hall–Kier alpha value is -4.13. The van der Waals surface area contributed by atoms with Crippen molar-refractivity contribution in [1.82, 2.24) is 14.7 Å². The van der Waals surface area contributed by atoms with Crippen LogP contribution in [0.3, 0.4) is 0 Å². The second-order valence-electron chi connectivity index (χ2n) is 8.96. The Bertz CT molecular complexity index is 1190. The fraction of sp³-hybridized carbons (Fsp3) is 0.276. The minimum atomic E-state index is -1.08. The van der Waals surface area contributed by atoms with Crippen molar-refractivity contribution in [1.29, 1.82) is 0 Å². The third-order valence-electron chi connectivity index (χ3n) is 6.76. The molecule has 3 aromatic rings. The summed E-state index contributed by atoms with van der Waals surface area (Å²) in [6.07, 6.45) is 0. The normalized spacial score (nSPS) is 18.1. The first-order chi connectivity index (χ1) is 17.4. The fourth-order valence-electron chi connectivity index (χ4n) is 4.64. The average Bonchev–Trinajstić information content (AvgIpc) is 3.19. The van der Waals surface area contributed by atoms with E-state index in [1.807, 2.05) is 97.9 Å². The van der Waals surface area contributed by atoms with E-state index in [-0.39, 0.29) is 31.1 Å². The van der Waals surface area contributed by atoms with Gasteiger partial charge in [-0.15, -0.1) is 0 Å². The van der Waals surface area contributed by atoms with Gasteiger partial charge in [-0.05, 0) is 23.6 Å². The van der Waals surface area contributed by atoms with Crippen LogP contribution in [0.5, 0.6) is 0 Å². The maximum atomic E-state index is 14.0. The zero-order chi connectivity index (χ0) is 25.7. The molecule has 1 heterocycles. The van der Waals surface area contributed by atoms with Gasteiger partial charge in [0, 0.05) is 20.1 Å². The van der Waals surface area contributed by atoms with Gasteiger partial charge in [0.2, 0.25) is 5.91 Å². The lowest BCUT2D eigenvalue weighted by Crippen LogP contribution is -2.53. The summed E-state index contributed by atoms with van der Waals surface area (Å²) in [7, 11) is 2.99. The van der Waals surface area contributed by atoms with Crippen LogP contribution in [0.25, 0.3) is 0 Å². The predicted octanol–water partition coefficient (Wildman–Crippen LogP) is 4.25. The molecule has 7 nitrogen and oxygen atoms in total. The van der Waals surface area contributed by atoms with Crippen LogP contribution in [0.2, 0.25) is 0 Å². The highest BCUT2D eigenvalue weighted by atomic mass is 16.5. The molecular formula is C29H31N3O4. The van der Waals surface area contributed by atoms with Crippen molar-refractivity contribution in [2.24, 2.45) is 0 Å². The summed E-state index contributed by atoms with van der Waals surface area (Å²) in [6, 6.07) is 25.8. The lowest BCUT2D eigenvalue weighted by Gasteiger charge is -2.32. The van der Waals surface area contributed by atoms with Crippen molar-refractivity contribution in [2.75, 3.05) is 14.2 Å². The van der Waals surface area contributed by atoms with Crippen LogP contribution in [0.15, 0.2) is 91.0 Å². The predicted molar refractivity (Wildman–Crippen MR) is 137 cm³/mol. The Labute approximate surface area is 211 Å². The van der Waals surface area contributed by atoms with Gasteiger partial charge < -0.3 is 19.4 Å². The van der Waals surface area contributed by atoms with Crippen molar-refractivity contribution < 1.29 is 19.1 Å². The van der Waals surface area contributed by atoms with Crippen LogP contribution in [-0.4, -0.2) is 58.8 Å². The molecule has 0 aliphatic carbocycles. The molecule has 1 aliphatic rings. The van der Waals surface area contributed by atoms with Gasteiger partial charge in [-0.3, -0.25) is 4.79 Å². The van der Waals surface area contributed by atoms with Crippen LogP contribution in [0, 0.1) is 0 Å². The monoisotopic (exact) mass is 485 g/mol. The molecule has 0 radical (unpaired) electrons. The summed E-state index contributed by atoms with van der Waals surface area (Å²) in [5.74, 6) is -0.935. The van der Waals surface area contributed by atoms with E-state index in [2.05, 4.69) is 0 Å². The van der Waals surface area contributed by atoms with Crippen molar-refractivity contribution >= 4 is 17.9 Å². The Morgan fingerprint density at radius 3 is 1.72 bits per heavy atom. The van der Waals surface area contributed by atoms with Gasteiger partial charge in [-0.25, -0.2) is 9.59 Å². The molecule has 2 unspecified atom stereocenters. The van der Waals surface area contributed by atoms with E-state index in [1.165, 1.54) is 16.9 Å². The Kier molecular flexibility index (Phi) is 7.68. The van der Waals surface area contributed by atoms with Crippen molar-refractivity contribution in [3.05, 3.63) is 108 Å². The highest BCUT2D eigenvalue weighted by molar-refractivity contribution is 5.99. The molecule has 1 saturated heterocycles.